The normalized spacial score (nSPS) is 11.9. The molecule has 8 heteroatoms. The molecule has 0 bridgehead atoms. The van der Waals surface area contributed by atoms with E-state index >= 15 is 0 Å². The van der Waals surface area contributed by atoms with Gasteiger partial charge in [-0.15, -0.1) is 5.10 Å². The monoisotopic (exact) mass is 380 g/mol. The SMILES string of the molecule is CCOc1ccc(/C=c2\sc3nc(-c4cccnc4)nn3c2=O)cc1OC. The number of pyridine rings is 1. The van der Waals surface area contributed by atoms with Crippen molar-refractivity contribution >= 4 is 22.4 Å². The molecule has 27 heavy (non-hydrogen) atoms. The van der Waals surface area contributed by atoms with Crippen molar-refractivity contribution in [2.75, 3.05) is 13.7 Å². The number of nitrogens with zero attached hydrogens (tertiary/aromatic N) is 4. The molecule has 0 saturated heterocycles. The van der Waals surface area contributed by atoms with Gasteiger partial charge in [0.1, 0.15) is 0 Å². The summed E-state index contributed by atoms with van der Waals surface area (Å²) in [6, 6.07) is 9.21. The fourth-order valence-electron chi connectivity index (χ4n) is 2.65. The standard InChI is InChI=1S/C19H16N4O3S/c1-3-26-14-7-6-12(9-15(14)25-2)10-16-18(24)23-19(27-16)21-17(22-23)13-5-4-8-20-11-13/h4-11H,3H2,1-2H3/b16-10-. The molecular formula is C19H16N4O3S. The molecule has 0 radical (unpaired) electrons. The van der Waals surface area contributed by atoms with Crippen molar-refractivity contribution in [2.24, 2.45) is 0 Å². The minimum absolute atomic E-state index is 0.203. The van der Waals surface area contributed by atoms with E-state index in [1.807, 2.05) is 31.2 Å². The Bertz CT molecular complexity index is 1200. The number of rotatable bonds is 5. The molecule has 4 aromatic rings. The molecule has 0 unspecified atom stereocenters. The van der Waals surface area contributed by atoms with E-state index in [1.165, 1.54) is 15.9 Å². The molecule has 0 aliphatic rings. The van der Waals surface area contributed by atoms with E-state index in [0.29, 0.717) is 33.4 Å². The first-order valence-corrected chi connectivity index (χ1v) is 9.13. The van der Waals surface area contributed by atoms with Crippen LogP contribution in [0.1, 0.15) is 12.5 Å². The van der Waals surface area contributed by atoms with E-state index in [9.17, 15) is 4.79 Å². The molecule has 136 valence electrons. The van der Waals surface area contributed by atoms with Crippen molar-refractivity contribution in [1.29, 1.82) is 0 Å². The third kappa shape index (κ3) is 3.26. The maximum Gasteiger partial charge on any atom is 0.291 e. The Balaban J connectivity index is 1.75. The summed E-state index contributed by atoms with van der Waals surface area (Å²) in [5.41, 5.74) is 1.41. The molecule has 1 aromatic carbocycles. The number of hydrogen-bond donors (Lipinski definition) is 0. The lowest BCUT2D eigenvalue weighted by molar-refractivity contribution is 0.311. The lowest BCUT2D eigenvalue weighted by Crippen LogP contribution is -2.23. The zero-order chi connectivity index (χ0) is 18.8. The summed E-state index contributed by atoms with van der Waals surface area (Å²) in [5.74, 6) is 1.78. The summed E-state index contributed by atoms with van der Waals surface area (Å²) < 4.78 is 12.8. The molecule has 0 saturated carbocycles. The van der Waals surface area contributed by atoms with E-state index in [2.05, 4.69) is 15.1 Å². The van der Waals surface area contributed by atoms with Crippen molar-refractivity contribution in [3.8, 4) is 22.9 Å². The maximum absolute atomic E-state index is 12.7. The van der Waals surface area contributed by atoms with Crippen LogP contribution < -0.4 is 19.6 Å². The summed E-state index contributed by atoms with van der Waals surface area (Å²) in [5, 5.41) is 4.32. The molecule has 4 rings (SSSR count). The summed E-state index contributed by atoms with van der Waals surface area (Å²) >= 11 is 1.29. The van der Waals surface area contributed by atoms with Crippen LogP contribution in [-0.2, 0) is 0 Å². The molecule has 0 spiro atoms. The van der Waals surface area contributed by atoms with Crippen LogP contribution in [0.2, 0.25) is 0 Å². The average Bonchev–Trinajstić information content (AvgIpc) is 3.24. The Labute approximate surface area is 158 Å². The highest BCUT2D eigenvalue weighted by atomic mass is 32.1. The summed E-state index contributed by atoms with van der Waals surface area (Å²) in [7, 11) is 1.59. The van der Waals surface area contributed by atoms with Crippen molar-refractivity contribution in [1.82, 2.24) is 19.6 Å². The Kier molecular flexibility index (Phi) is 4.55. The zero-order valence-corrected chi connectivity index (χ0v) is 15.6. The zero-order valence-electron chi connectivity index (χ0n) is 14.7. The second kappa shape index (κ2) is 7.16. The fourth-order valence-corrected chi connectivity index (χ4v) is 3.56. The number of methoxy groups -OCH3 is 1. The molecule has 7 nitrogen and oxygen atoms in total. The number of hydrogen-bond acceptors (Lipinski definition) is 7. The van der Waals surface area contributed by atoms with Gasteiger partial charge in [-0.1, -0.05) is 17.4 Å². The third-order valence-corrected chi connectivity index (χ3v) is 4.85. The van der Waals surface area contributed by atoms with Gasteiger partial charge in [-0.05, 0) is 42.8 Å². The first kappa shape index (κ1) is 17.2. The Morgan fingerprint density at radius 3 is 2.85 bits per heavy atom. The highest BCUT2D eigenvalue weighted by Crippen LogP contribution is 2.28. The highest BCUT2D eigenvalue weighted by Gasteiger charge is 2.12. The van der Waals surface area contributed by atoms with Crippen LogP contribution in [-0.4, -0.2) is 33.3 Å². The molecule has 0 aliphatic heterocycles. The van der Waals surface area contributed by atoms with Gasteiger partial charge in [0.2, 0.25) is 4.96 Å². The van der Waals surface area contributed by atoms with Crippen molar-refractivity contribution in [3.05, 3.63) is 63.2 Å². The van der Waals surface area contributed by atoms with E-state index in [0.717, 1.165) is 11.1 Å². The van der Waals surface area contributed by atoms with Crippen molar-refractivity contribution < 1.29 is 9.47 Å². The van der Waals surface area contributed by atoms with Crippen LogP contribution in [0, 0.1) is 0 Å². The second-order valence-corrected chi connectivity index (χ2v) is 6.64. The summed E-state index contributed by atoms with van der Waals surface area (Å²) in [6.07, 6.45) is 5.15. The van der Waals surface area contributed by atoms with Gasteiger partial charge in [-0.25, -0.2) is 0 Å². The quantitative estimate of drug-likeness (QED) is 0.528. The number of fused-ring (bicyclic) bond motifs is 1. The fraction of sp³-hybridized carbons (Fsp3) is 0.158. The minimum Gasteiger partial charge on any atom is -0.493 e. The van der Waals surface area contributed by atoms with E-state index in [-0.39, 0.29) is 5.56 Å². The number of aromatic nitrogens is 4. The van der Waals surface area contributed by atoms with Crippen LogP contribution in [0.15, 0.2) is 47.5 Å². The predicted octanol–water partition coefficient (Wildman–Crippen LogP) is 2.17. The molecule has 0 fully saturated rings. The molecule has 3 aromatic heterocycles. The molecule has 0 atom stereocenters. The van der Waals surface area contributed by atoms with Crippen LogP contribution in [0.25, 0.3) is 22.4 Å². The Morgan fingerprint density at radius 1 is 1.26 bits per heavy atom. The molecule has 3 heterocycles. The van der Waals surface area contributed by atoms with Crippen LogP contribution in [0.5, 0.6) is 11.5 Å². The van der Waals surface area contributed by atoms with E-state index < -0.39 is 0 Å². The van der Waals surface area contributed by atoms with Gasteiger partial charge in [0.25, 0.3) is 5.56 Å². The first-order chi connectivity index (χ1) is 13.2. The van der Waals surface area contributed by atoms with Gasteiger partial charge in [0.05, 0.1) is 18.2 Å². The van der Waals surface area contributed by atoms with E-state index in [4.69, 9.17) is 9.47 Å². The van der Waals surface area contributed by atoms with Gasteiger partial charge in [-0.2, -0.15) is 9.50 Å². The first-order valence-electron chi connectivity index (χ1n) is 8.32. The number of benzene rings is 1. The van der Waals surface area contributed by atoms with Crippen LogP contribution in [0.4, 0.5) is 0 Å². The van der Waals surface area contributed by atoms with Gasteiger partial charge >= 0.3 is 0 Å². The number of ether oxygens (including phenoxy) is 2. The van der Waals surface area contributed by atoms with E-state index in [1.54, 1.807) is 31.6 Å². The summed E-state index contributed by atoms with van der Waals surface area (Å²) in [4.78, 5) is 21.7. The van der Waals surface area contributed by atoms with Gasteiger partial charge in [0, 0.05) is 18.0 Å². The molecular weight excluding hydrogens is 364 g/mol. The smallest absolute Gasteiger partial charge is 0.291 e. The predicted molar refractivity (Wildman–Crippen MR) is 103 cm³/mol. The molecule has 0 amide bonds. The topological polar surface area (TPSA) is 78.6 Å². The third-order valence-electron chi connectivity index (χ3n) is 3.89. The highest BCUT2D eigenvalue weighted by molar-refractivity contribution is 7.15. The second-order valence-electron chi connectivity index (χ2n) is 5.63. The van der Waals surface area contributed by atoms with Crippen LogP contribution in [0.3, 0.4) is 0 Å². The van der Waals surface area contributed by atoms with Gasteiger partial charge in [0.15, 0.2) is 17.3 Å². The molecule has 0 aliphatic carbocycles. The van der Waals surface area contributed by atoms with Gasteiger partial charge < -0.3 is 9.47 Å². The minimum atomic E-state index is -0.203. The maximum atomic E-state index is 12.7. The molecule has 0 N–H and O–H groups in total. The lowest BCUT2D eigenvalue weighted by atomic mass is 10.2. The Morgan fingerprint density at radius 2 is 2.15 bits per heavy atom. The van der Waals surface area contributed by atoms with Crippen molar-refractivity contribution in [3.63, 3.8) is 0 Å². The van der Waals surface area contributed by atoms with Crippen molar-refractivity contribution in [2.45, 2.75) is 6.92 Å². The summed E-state index contributed by atoms with van der Waals surface area (Å²) in [6.45, 7) is 2.47. The number of thiazole rings is 1. The van der Waals surface area contributed by atoms with Crippen LogP contribution >= 0.6 is 11.3 Å². The Hall–Kier alpha value is -3.26. The lowest BCUT2D eigenvalue weighted by Gasteiger charge is -2.09. The largest absolute Gasteiger partial charge is 0.493 e. The van der Waals surface area contributed by atoms with Gasteiger partial charge in [-0.3, -0.25) is 9.78 Å². The average molecular weight is 380 g/mol.